The fourth-order valence-corrected chi connectivity index (χ4v) is 2.51. The number of aliphatic hydroxyl groups is 3. The first kappa shape index (κ1) is 31.2. The second-order valence-corrected chi connectivity index (χ2v) is 6.67. The molecular formula is C17H35NaO9S. The van der Waals surface area contributed by atoms with Crippen molar-refractivity contribution in [2.45, 2.75) is 12.8 Å². The zero-order valence-electron chi connectivity index (χ0n) is 17.0. The fourth-order valence-electron chi connectivity index (χ4n) is 2.18. The summed E-state index contributed by atoms with van der Waals surface area (Å²) in [6.07, 6.45) is 1.68. The molecule has 0 unspecified atom stereocenters. The molecule has 9 nitrogen and oxygen atoms in total. The third kappa shape index (κ3) is 19.0. The molecule has 0 heterocycles. The van der Waals surface area contributed by atoms with Crippen molar-refractivity contribution >= 4 is 12.0 Å². The minimum Gasteiger partial charge on any atom is -0.799 e. The van der Waals surface area contributed by atoms with Gasteiger partial charge in [0.15, 0.2) is 0 Å². The Hall–Kier alpha value is 0.990. The molecule has 0 aromatic rings. The van der Waals surface area contributed by atoms with Crippen molar-refractivity contribution in [3.8, 4) is 0 Å². The molecule has 0 amide bonds. The second-order valence-electron chi connectivity index (χ2n) is 6.02. The summed E-state index contributed by atoms with van der Waals surface area (Å²) in [5.41, 5.74) is -0.620. The van der Waals surface area contributed by atoms with E-state index >= 15 is 0 Å². The maximum Gasteiger partial charge on any atom is 1.00 e. The maximum atomic E-state index is 10.3. The molecule has 0 spiro atoms. The Labute approximate surface area is 194 Å². The number of unbranched alkanes of at least 4 members (excludes halogenated alkanes) is 1. The summed E-state index contributed by atoms with van der Waals surface area (Å²) in [4.78, 5) is 0. The molecule has 11 heteroatoms. The van der Waals surface area contributed by atoms with Gasteiger partial charge in [-0.05, 0) is 18.6 Å². The van der Waals surface area contributed by atoms with Gasteiger partial charge in [0.1, 0.15) is 0 Å². The van der Waals surface area contributed by atoms with Crippen LogP contribution in [0.5, 0.6) is 0 Å². The maximum absolute atomic E-state index is 10.3. The predicted molar refractivity (Wildman–Crippen MR) is 100 cm³/mol. The first-order valence-corrected chi connectivity index (χ1v) is 10.1. The minimum atomic E-state index is -0.620. The number of rotatable bonds is 22. The summed E-state index contributed by atoms with van der Waals surface area (Å²) in [6, 6.07) is 0. The van der Waals surface area contributed by atoms with Gasteiger partial charge in [-0.15, -0.1) is 0 Å². The van der Waals surface area contributed by atoms with Gasteiger partial charge >= 0.3 is 29.6 Å². The van der Waals surface area contributed by atoms with Gasteiger partial charge in [-0.3, -0.25) is 12.0 Å². The van der Waals surface area contributed by atoms with Gasteiger partial charge in [-0.2, -0.15) is 0 Å². The normalized spacial score (nSPS) is 11.6. The molecule has 0 aliphatic heterocycles. The molecule has 0 aromatic carbocycles. The van der Waals surface area contributed by atoms with Gasteiger partial charge in [0.05, 0.1) is 84.7 Å². The van der Waals surface area contributed by atoms with E-state index in [9.17, 15) is 4.55 Å². The van der Waals surface area contributed by atoms with Crippen LogP contribution in [0.1, 0.15) is 12.8 Å². The van der Waals surface area contributed by atoms with Crippen LogP contribution >= 0.6 is 12.0 Å². The van der Waals surface area contributed by atoms with Gasteiger partial charge in [-0.25, -0.2) is 0 Å². The van der Waals surface area contributed by atoms with Crippen molar-refractivity contribution in [1.29, 1.82) is 0 Å². The molecule has 0 saturated carbocycles. The van der Waals surface area contributed by atoms with E-state index in [0.717, 1.165) is 12.8 Å². The molecule has 0 fully saturated rings. The molecule has 0 atom stereocenters. The van der Waals surface area contributed by atoms with Crippen LogP contribution in [-0.4, -0.2) is 112 Å². The largest absolute Gasteiger partial charge is 1.00 e. The van der Waals surface area contributed by atoms with Crippen LogP contribution in [0.25, 0.3) is 0 Å². The first-order valence-electron chi connectivity index (χ1n) is 9.20. The van der Waals surface area contributed by atoms with E-state index in [1.165, 1.54) is 0 Å². The SMILES string of the molecule is [Na+].[O-]SCCCCOCCOCC(COCCO)(COCCO)COCCO. The molecule has 0 aromatic heterocycles. The third-order valence-corrected chi connectivity index (χ3v) is 3.93. The van der Waals surface area contributed by atoms with Crippen LogP contribution in [0, 0.1) is 5.41 Å². The first-order chi connectivity index (χ1) is 13.2. The molecule has 3 N–H and O–H groups in total. The van der Waals surface area contributed by atoms with E-state index in [4.69, 9.17) is 39.0 Å². The van der Waals surface area contributed by atoms with Gasteiger partial charge in [0.25, 0.3) is 0 Å². The van der Waals surface area contributed by atoms with Crippen molar-refractivity contribution in [2.24, 2.45) is 5.41 Å². The molecule has 0 saturated heterocycles. The molecule has 0 aliphatic carbocycles. The third-order valence-electron chi connectivity index (χ3n) is 3.48. The Morgan fingerprint density at radius 2 is 1.04 bits per heavy atom. The van der Waals surface area contributed by atoms with E-state index in [2.05, 4.69) is 0 Å². The Morgan fingerprint density at radius 1 is 0.607 bits per heavy atom. The summed E-state index contributed by atoms with van der Waals surface area (Å²) in [6.45, 7) is 2.73. The van der Waals surface area contributed by atoms with Crippen molar-refractivity contribution in [3.05, 3.63) is 0 Å². The Kier molecular flexibility index (Phi) is 27.0. The van der Waals surface area contributed by atoms with Gasteiger partial charge in [0.2, 0.25) is 0 Å². The standard InChI is InChI=1S/C17H36O9S.Na/c18-3-7-23-13-17(14-24-8-4-19,15-25-9-5-20)16-26-11-10-22-6-1-2-12-27-21;/h18-21H,1-16H2;/q;+1/p-1. The fraction of sp³-hybridized carbons (Fsp3) is 1.00. The van der Waals surface area contributed by atoms with Gasteiger partial charge in [0, 0.05) is 6.61 Å². The van der Waals surface area contributed by atoms with Crippen LogP contribution in [0.2, 0.25) is 0 Å². The number of aliphatic hydroxyl groups excluding tert-OH is 3. The van der Waals surface area contributed by atoms with Crippen LogP contribution < -0.4 is 29.6 Å². The zero-order valence-corrected chi connectivity index (χ0v) is 19.8. The van der Waals surface area contributed by atoms with Gasteiger partial charge in [-0.1, -0.05) is 0 Å². The molecule has 0 radical (unpaired) electrons. The molecule has 0 rings (SSSR count). The predicted octanol–water partition coefficient (Wildman–Crippen LogP) is -3.32. The minimum absolute atomic E-state index is 0. The summed E-state index contributed by atoms with van der Waals surface area (Å²) >= 11 is 0.588. The summed E-state index contributed by atoms with van der Waals surface area (Å²) in [5, 5.41) is 26.8. The van der Waals surface area contributed by atoms with Gasteiger partial charge < -0.3 is 43.6 Å². The number of hydrogen-bond acceptors (Lipinski definition) is 10. The quantitative estimate of drug-likeness (QED) is 0.0897. The van der Waals surface area contributed by atoms with E-state index in [1.807, 2.05) is 0 Å². The van der Waals surface area contributed by atoms with Crippen LogP contribution in [0.15, 0.2) is 0 Å². The second kappa shape index (κ2) is 24.3. The number of hydrogen-bond donors (Lipinski definition) is 3. The van der Waals surface area contributed by atoms with Crippen molar-refractivity contribution in [2.75, 3.05) is 91.6 Å². The smallest absolute Gasteiger partial charge is 0.799 e. The zero-order chi connectivity index (χ0) is 20.1. The van der Waals surface area contributed by atoms with Crippen molar-refractivity contribution in [1.82, 2.24) is 0 Å². The van der Waals surface area contributed by atoms with E-state index in [0.29, 0.717) is 37.6 Å². The van der Waals surface area contributed by atoms with E-state index < -0.39 is 5.41 Å². The molecular weight excluding hydrogens is 403 g/mol. The Balaban J connectivity index is 0. The average Bonchev–Trinajstić information content (AvgIpc) is 2.67. The Morgan fingerprint density at radius 3 is 1.46 bits per heavy atom. The monoisotopic (exact) mass is 438 g/mol. The summed E-state index contributed by atoms with van der Waals surface area (Å²) in [7, 11) is 0. The van der Waals surface area contributed by atoms with Crippen molar-refractivity contribution in [3.63, 3.8) is 0 Å². The molecule has 0 bridgehead atoms. The topological polar surface area (TPSA) is 130 Å². The molecule has 164 valence electrons. The average molecular weight is 439 g/mol. The molecule has 28 heavy (non-hydrogen) atoms. The van der Waals surface area contributed by atoms with E-state index in [1.54, 1.807) is 0 Å². The van der Waals surface area contributed by atoms with Crippen LogP contribution in [0.3, 0.4) is 0 Å². The summed E-state index contributed by atoms with van der Waals surface area (Å²) < 4.78 is 37.8. The van der Waals surface area contributed by atoms with E-state index in [-0.39, 0.29) is 95.6 Å². The summed E-state index contributed by atoms with van der Waals surface area (Å²) in [5.74, 6) is 0.595. The Bertz CT molecular complexity index is 277. The number of ether oxygens (including phenoxy) is 5. The molecule has 0 aliphatic rings. The van der Waals surface area contributed by atoms with Crippen LogP contribution in [-0.2, 0) is 23.7 Å². The van der Waals surface area contributed by atoms with Crippen molar-refractivity contribution < 1.29 is 73.1 Å². The van der Waals surface area contributed by atoms with Crippen LogP contribution in [0.4, 0.5) is 0 Å².